The summed E-state index contributed by atoms with van der Waals surface area (Å²) in [5.41, 5.74) is 6.13. The Morgan fingerprint density at radius 2 is 1.88 bits per heavy atom. The molecule has 0 saturated carbocycles. The SMILES string of the molecule is NC(=O)CCNc1ccc(Br)c2ccccc12. The van der Waals surface area contributed by atoms with Gasteiger partial charge in [0.2, 0.25) is 5.91 Å². The smallest absolute Gasteiger partial charge is 0.219 e. The topological polar surface area (TPSA) is 55.1 Å². The predicted molar refractivity (Wildman–Crippen MR) is 73.9 cm³/mol. The molecule has 3 nitrogen and oxygen atoms in total. The van der Waals surface area contributed by atoms with Crippen molar-refractivity contribution in [3.05, 3.63) is 40.9 Å². The minimum atomic E-state index is -0.293. The molecule has 2 rings (SSSR count). The van der Waals surface area contributed by atoms with Gasteiger partial charge in [-0.25, -0.2) is 0 Å². The molecule has 4 heteroatoms. The highest BCUT2D eigenvalue weighted by atomic mass is 79.9. The second-order valence-electron chi connectivity index (χ2n) is 3.78. The molecule has 88 valence electrons. The second-order valence-corrected chi connectivity index (χ2v) is 4.64. The molecule has 0 heterocycles. The van der Waals surface area contributed by atoms with Gasteiger partial charge in [-0.15, -0.1) is 0 Å². The van der Waals surface area contributed by atoms with Crippen molar-refractivity contribution >= 4 is 38.3 Å². The average molecular weight is 293 g/mol. The highest BCUT2D eigenvalue weighted by molar-refractivity contribution is 9.10. The lowest BCUT2D eigenvalue weighted by Gasteiger charge is -2.10. The predicted octanol–water partition coefficient (Wildman–Crippen LogP) is 2.89. The van der Waals surface area contributed by atoms with E-state index in [1.165, 1.54) is 0 Å². The summed E-state index contributed by atoms with van der Waals surface area (Å²) < 4.78 is 1.06. The van der Waals surface area contributed by atoms with Gasteiger partial charge in [0.1, 0.15) is 0 Å². The first-order valence-corrected chi connectivity index (χ1v) is 6.17. The number of halogens is 1. The van der Waals surface area contributed by atoms with Crippen LogP contribution in [-0.4, -0.2) is 12.5 Å². The first-order valence-electron chi connectivity index (χ1n) is 5.38. The van der Waals surface area contributed by atoms with E-state index in [1.54, 1.807) is 0 Å². The number of fused-ring (bicyclic) bond motifs is 1. The molecule has 1 amide bonds. The van der Waals surface area contributed by atoms with E-state index in [0.29, 0.717) is 13.0 Å². The Bertz CT molecular complexity index is 554. The van der Waals surface area contributed by atoms with Crippen molar-refractivity contribution in [3.63, 3.8) is 0 Å². The lowest BCUT2D eigenvalue weighted by molar-refractivity contribution is -0.117. The van der Waals surface area contributed by atoms with Crippen molar-refractivity contribution in [2.24, 2.45) is 5.73 Å². The molecule has 0 aromatic heterocycles. The van der Waals surface area contributed by atoms with E-state index < -0.39 is 0 Å². The molecule has 0 saturated heterocycles. The summed E-state index contributed by atoms with van der Waals surface area (Å²) in [5.74, 6) is -0.293. The third-order valence-electron chi connectivity index (χ3n) is 2.56. The number of carbonyl (C=O) groups excluding carboxylic acids is 1. The maximum Gasteiger partial charge on any atom is 0.219 e. The third kappa shape index (κ3) is 2.77. The molecule has 17 heavy (non-hydrogen) atoms. The number of hydrogen-bond acceptors (Lipinski definition) is 2. The van der Waals surface area contributed by atoms with Crippen molar-refractivity contribution in [1.29, 1.82) is 0 Å². The molecule has 3 N–H and O–H groups in total. The molecule has 0 atom stereocenters. The van der Waals surface area contributed by atoms with Crippen LogP contribution >= 0.6 is 15.9 Å². The zero-order valence-corrected chi connectivity index (χ0v) is 10.8. The van der Waals surface area contributed by atoms with Gasteiger partial charge in [-0.1, -0.05) is 40.2 Å². The molecule has 0 radical (unpaired) electrons. The summed E-state index contributed by atoms with van der Waals surface area (Å²) in [6.45, 7) is 0.557. The van der Waals surface area contributed by atoms with E-state index >= 15 is 0 Å². The van der Waals surface area contributed by atoms with Crippen molar-refractivity contribution in [2.75, 3.05) is 11.9 Å². The van der Waals surface area contributed by atoms with Gasteiger partial charge in [0.05, 0.1) is 0 Å². The molecule has 2 aromatic carbocycles. The zero-order valence-electron chi connectivity index (χ0n) is 9.24. The molecular formula is C13H13BrN2O. The lowest BCUT2D eigenvalue weighted by atomic mass is 10.1. The maximum atomic E-state index is 10.7. The molecule has 0 aliphatic rings. The Morgan fingerprint density at radius 1 is 1.18 bits per heavy atom. The van der Waals surface area contributed by atoms with E-state index in [0.717, 1.165) is 20.9 Å². The van der Waals surface area contributed by atoms with Crippen LogP contribution in [0.25, 0.3) is 10.8 Å². The standard InChI is InChI=1S/C13H13BrN2O/c14-11-5-6-12(16-8-7-13(15)17)10-4-2-1-3-9(10)11/h1-6,16H,7-8H2,(H2,15,17). The average Bonchev–Trinajstić information content (AvgIpc) is 2.32. The van der Waals surface area contributed by atoms with Crippen LogP contribution in [0, 0.1) is 0 Å². The molecule has 0 aliphatic carbocycles. The fourth-order valence-corrected chi connectivity index (χ4v) is 2.21. The van der Waals surface area contributed by atoms with Crippen molar-refractivity contribution in [1.82, 2.24) is 0 Å². The maximum absolute atomic E-state index is 10.7. The molecular weight excluding hydrogens is 280 g/mol. The summed E-state index contributed by atoms with van der Waals surface area (Å²) in [4.78, 5) is 10.7. The molecule has 2 aromatic rings. The summed E-state index contributed by atoms with van der Waals surface area (Å²) in [6, 6.07) is 12.1. The van der Waals surface area contributed by atoms with Crippen LogP contribution in [0.5, 0.6) is 0 Å². The number of nitrogens with two attached hydrogens (primary N) is 1. The van der Waals surface area contributed by atoms with Gasteiger partial charge in [-0.2, -0.15) is 0 Å². The second kappa shape index (κ2) is 5.19. The van der Waals surface area contributed by atoms with Crippen LogP contribution < -0.4 is 11.1 Å². The minimum absolute atomic E-state index is 0.293. The normalized spacial score (nSPS) is 10.4. The van der Waals surface area contributed by atoms with Crippen LogP contribution in [-0.2, 0) is 4.79 Å². The summed E-state index contributed by atoms with van der Waals surface area (Å²) >= 11 is 3.52. The van der Waals surface area contributed by atoms with Gasteiger partial charge in [-0.05, 0) is 17.5 Å². The van der Waals surface area contributed by atoms with Gasteiger partial charge >= 0.3 is 0 Å². The van der Waals surface area contributed by atoms with Gasteiger partial charge in [0, 0.05) is 28.5 Å². The Labute approximate surface area is 108 Å². The zero-order chi connectivity index (χ0) is 12.3. The fraction of sp³-hybridized carbons (Fsp3) is 0.154. The van der Waals surface area contributed by atoms with E-state index in [1.807, 2.05) is 30.3 Å². The Balaban J connectivity index is 2.28. The van der Waals surface area contributed by atoms with Crippen molar-refractivity contribution in [2.45, 2.75) is 6.42 Å². The summed E-state index contributed by atoms with van der Waals surface area (Å²) in [5, 5.41) is 5.51. The first-order chi connectivity index (χ1) is 8.18. The quantitative estimate of drug-likeness (QED) is 0.910. The number of hydrogen-bond donors (Lipinski definition) is 2. The Kier molecular flexibility index (Phi) is 3.64. The molecule has 0 spiro atoms. The van der Waals surface area contributed by atoms with Gasteiger partial charge in [0.15, 0.2) is 0 Å². The van der Waals surface area contributed by atoms with Gasteiger partial charge < -0.3 is 11.1 Å². The lowest BCUT2D eigenvalue weighted by Crippen LogP contribution is -2.15. The molecule has 0 fully saturated rings. The third-order valence-corrected chi connectivity index (χ3v) is 3.25. The van der Waals surface area contributed by atoms with Crippen molar-refractivity contribution in [3.8, 4) is 0 Å². The van der Waals surface area contributed by atoms with E-state index in [4.69, 9.17) is 5.73 Å². The summed E-state index contributed by atoms with van der Waals surface area (Å²) in [7, 11) is 0. The highest BCUT2D eigenvalue weighted by Crippen LogP contribution is 2.29. The van der Waals surface area contributed by atoms with Gasteiger partial charge in [-0.3, -0.25) is 4.79 Å². The monoisotopic (exact) mass is 292 g/mol. The first kappa shape index (κ1) is 11.9. The number of amides is 1. The number of rotatable bonds is 4. The number of primary amides is 1. The number of carbonyl (C=O) groups is 1. The number of nitrogens with one attached hydrogen (secondary N) is 1. The van der Waals surface area contributed by atoms with Crippen LogP contribution in [0.15, 0.2) is 40.9 Å². The van der Waals surface area contributed by atoms with E-state index in [2.05, 4.69) is 27.3 Å². The fourth-order valence-electron chi connectivity index (χ4n) is 1.74. The number of anilines is 1. The van der Waals surface area contributed by atoms with Crippen molar-refractivity contribution < 1.29 is 4.79 Å². The summed E-state index contributed by atoms with van der Waals surface area (Å²) in [6.07, 6.45) is 0.338. The molecule has 0 bridgehead atoms. The van der Waals surface area contributed by atoms with Gasteiger partial charge in [0.25, 0.3) is 0 Å². The number of benzene rings is 2. The largest absolute Gasteiger partial charge is 0.384 e. The van der Waals surface area contributed by atoms with E-state index in [-0.39, 0.29) is 5.91 Å². The van der Waals surface area contributed by atoms with Crippen LogP contribution in [0.1, 0.15) is 6.42 Å². The minimum Gasteiger partial charge on any atom is -0.384 e. The Morgan fingerprint density at radius 3 is 2.59 bits per heavy atom. The highest BCUT2D eigenvalue weighted by Gasteiger charge is 2.03. The van der Waals surface area contributed by atoms with E-state index in [9.17, 15) is 4.79 Å². The molecule has 0 unspecified atom stereocenters. The van der Waals surface area contributed by atoms with Crippen LogP contribution in [0.4, 0.5) is 5.69 Å². The Hall–Kier alpha value is -1.55. The van der Waals surface area contributed by atoms with Crippen LogP contribution in [0.2, 0.25) is 0 Å². The van der Waals surface area contributed by atoms with Crippen LogP contribution in [0.3, 0.4) is 0 Å². The molecule has 0 aliphatic heterocycles.